The number of piperazine rings is 1. The van der Waals surface area contributed by atoms with Crippen molar-refractivity contribution in [2.24, 2.45) is 0 Å². The zero-order chi connectivity index (χ0) is 22.2. The summed E-state index contributed by atoms with van der Waals surface area (Å²) in [5.74, 6) is 1.25. The summed E-state index contributed by atoms with van der Waals surface area (Å²) >= 11 is 6.12. The highest BCUT2D eigenvalue weighted by Gasteiger charge is 2.31. The molecule has 2 heterocycles. The molecule has 9 heteroatoms. The molecule has 4 rings (SSSR count). The number of hydrogen-bond donors (Lipinski definition) is 0. The van der Waals surface area contributed by atoms with Crippen LogP contribution in [0.5, 0.6) is 0 Å². The van der Waals surface area contributed by atoms with E-state index in [0.717, 1.165) is 28.9 Å². The van der Waals surface area contributed by atoms with Crippen molar-refractivity contribution in [2.45, 2.75) is 19.5 Å². The normalized spacial score (nSPS) is 14.9. The van der Waals surface area contributed by atoms with Crippen molar-refractivity contribution >= 4 is 34.2 Å². The van der Waals surface area contributed by atoms with Crippen LogP contribution in [-0.2, 0) is 12.6 Å². The van der Waals surface area contributed by atoms with E-state index < -0.39 is 11.7 Å². The first-order chi connectivity index (χ1) is 14.8. The Morgan fingerprint density at radius 1 is 1.03 bits per heavy atom. The van der Waals surface area contributed by atoms with E-state index in [2.05, 4.69) is 9.88 Å². The number of rotatable bonds is 3. The third-order valence-corrected chi connectivity index (χ3v) is 5.56. The predicted molar refractivity (Wildman–Crippen MR) is 113 cm³/mol. The maximum Gasteiger partial charge on any atom is 0.416 e. The van der Waals surface area contributed by atoms with Gasteiger partial charge >= 0.3 is 6.18 Å². The SMILES string of the molecule is CCc1nc(N2CCN(C(=O)c3ccc(C(F)(F)F)cc3)CC2)c2ccc(Cl)cc2n1. The maximum atomic E-state index is 12.7. The second-order valence-electron chi connectivity index (χ2n) is 7.33. The van der Waals surface area contributed by atoms with Gasteiger partial charge in [-0.05, 0) is 42.5 Å². The Hall–Kier alpha value is -2.87. The van der Waals surface area contributed by atoms with Gasteiger partial charge in [0.15, 0.2) is 0 Å². The molecule has 31 heavy (non-hydrogen) atoms. The first kappa shape index (κ1) is 21.4. The van der Waals surface area contributed by atoms with Gasteiger partial charge in [0, 0.05) is 48.6 Å². The number of benzene rings is 2. The lowest BCUT2D eigenvalue weighted by Gasteiger charge is -2.36. The lowest BCUT2D eigenvalue weighted by Crippen LogP contribution is -2.49. The predicted octanol–water partition coefficient (Wildman–Crippen LogP) is 4.83. The average Bonchev–Trinajstić information content (AvgIpc) is 2.77. The number of amides is 1. The lowest BCUT2D eigenvalue weighted by molar-refractivity contribution is -0.137. The number of carbonyl (C=O) groups excluding carboxylic acids is 1. The van der Waals surface area contributed by atoms with Crippen molar-refractivity contribution in [3.63, 3.8) is 0 Å². The Labute approximate surface area is 182 Å². The number of anilines is 1. The summed E-state index contributed by atoms with van der Waals surface area (Å²) in [6, 6.07) is 9.84. The fourth-order valence-corrected chi connectivity index (χ4v) is 3.80. The molecule has 0 spiro atoms. The van der Waals surface area contributed by atoms with Crippen LogP contribution in [0.15, 0.2) is 42.5 Å². The van der Waals surface area contributed by atoms with Crippen molar-refractivity contribution in [3.8, 4) is 0 Å². The van der Waals surface area contributed by atoms with E-state index >= 15 is 0 Å². The molecule has 1 aromatic heterocycles. The minimum Gasteiger partial charge on any atom is -0.352 e. The highest BCUT2D eigenvalue weighted by molar-refractivity contribution is 6.31. The molecular formula is C22H20ClF3N4O. The summed E-state index contributed by atoms with van der Waals surface area (Å²) in [7, 11) is 0. The van der Waals surface area contributed by atoms with Crippen molar-refractivity contribution in [1.82, 2.24) is 14.9 Å². The van der Waals surface area contributed by atoms with E-state index in [1.54, 1.807) is 11.0 Å². The summed E-state index contributed by atoms with van der Waals surface area (Å²) in [5.41, 5.74) is 0.255. The zero-order valence-corrected chi connectivity index (χ0v) is 17.5. The van der Waals surface area contributed by atoms with Crippen LogP contribution in [0.3, 0.4) is 0 Å². The first-order valence-electron chi connectivity index (χ1n) is 9.94. The van der Waals surface area contributed by atoms with Crippen LogP contribution in [0.4, 0.5) is 19.0 Å². The Morgan fingerprint density at radius 2 is 1.71 bits per heavy atom. The fraction of sp³-hybridized carbons (Fsp3) is 0.318. The first-order valence-corrected chi connectivity index (χ1v) is 10.3. The van der Waals surface area contributed by atoms with Gasteiger partial charge in [0.2, 0.25) is 0 Å². The number of carbonyl (C=O) groups is 1. The second kappa shape index (κ2) is 8.34. The Morgan fingerprint density at radius 3 is 2.32 bits per heavy atom. The molecular weight excluding hydrogens is 429 g/mol. The van der Waals surface area contributed by atoms with Gasteiger partial charge < -0.3 is 9.80 Å². The number of alkyl halides is 3. The van der Waals surface area contributed by atoms with E-state index in [4.69, 9.17) is 16.6 Å². The molecule has 0 atom stereocenters. The average molecular weight is 449 g/mol. The molecule has 2 aromatic carbocycles. The molecule has 0 N–H and O–H groups in total. The number of nitrogens with zero attached hydrogens (tertiary/aromatic N) is 4. The van der Waals surface area contributed by atoms with Crippen LogP contribution < -0.4 is 4.90 Å². The highest BCUT2D eigenvalue weighted by atomic mass is 35.5. The monoisotopic (exact) mass is 448 g/mol. The van der Waals surface area contributed by atoms with E-state index in [9.17, 15) is 18.0 Å². The van der Waals surface area contributed by atoms with Gasteiger partial charge in [0.25, 0.3) is 5.91 Å². The summed E-state index contributed by atoms with van der Waals surface area (Å²) in [4.78, 5) is 25.7. The summed E-state index contributed by atoms with van der Waals surface area (Å²) in [6.07, 6.45) is -3.74. The fourth-order valence-electron chi connectivity index (χ4n) is 3.64. The Bertz CT molecular complexity index is 1110. The smallest absolute Gasteiger partial charge is 0.352 e. The van der Waals surface area contributed by atoms with Crippen LogP contribution >= 0.6 is 11.6 Å². The van der Waals surface area contributed by atoms with Crippen molar-refractivity contribution in [1.29, 1.82) is 0 Å². The van der Waals surface area contributed by atoms with Gasteiger partial charge in [0.05, 0.1) is 11.1 Å². The van der Waals surface area contributed by atoms with E-state index in [0.29, 0.717) is 43.4 Å². The molecule has 0 unspecified atom stereocenters. The topological polar surface area (TPSA) is 49.3 Å². The summed E-state index contributed by atoms with van der Waals surface area (Å²) < 4.78 is 38.2. The minimum atomic E-state index is -4.42. The number of aromatic nitrogens is 2. The Balaban J connectivity index is 1.50. The van der Waals surface area contributed by atoms with Gasteiger partial charge in [-0.3, -0.25) is 4.79 Å². The third kappa shape index (κ3) is 4.44. The second-order valence-corrected chi connectivity index (χ2v) is 7.77. The number of aryl methyl sites for hydroxylation is 1. The van der Waals surface area contributed by atoms with E-state index in [1.807, 2.05) is 19.1 Å². The summed E-state index contributed by atoms with van der Waals surface area (Å²) in [5, 5.41) is 1.50. The van der Waals surface area contributed by atoms with Gasteiger partial charge in [0.1, 0.15) is 11.6 Å². The van der Waals surface area contributed by atoms with Crippen molar-refractivity contribution in [3.05, 3.63) is 64.4 Å². The number of hydrogen-bond acceptors (Lipinski definition) is 4. The molecule has 0 radical (unpaired) electrons. The van der Waals surface area contributed by atoms with Crippen molar-refractivity contribution < 1.29 is 18.0 Å². The number of fused-ring (bicyclic) bond motifs is 1. The van der Waals surface area contributed by atoms with Gasteiger partial charge in [-0.15, -0.1) is 0 Å². The lowest BCUT2D eigenvalue weighted by atomic mass is 10.1. The molecule has 3 aromatic rings. The quantitative estimate of drug-likeness (QED) is 0.576. The van der Waals surface area contributed by atoms with Crippen LogP contribution in [0.2, 0.25) is 5.02 Å². The molecule has 1 aliphatic heterocycles. The summed E-state index contributed by atoms with van der Waals surface area (Å²) in [6.45, 7) is 3.99. The zero-order valence-electron chi connectivity index (χ0n) is 16.8. The molecule has 5 nitrogen and oxygen atoms in total. The third-order valence-electron chi connectivity index (χ3n) is 5.33. The number of halogens is 4. The van der Waals surface area contributed by atoms with Crippen LogP contribution in [0.25, 0.3) is 10.9 Å². The van der Waals surface area contributed by atoms with Gasteiger partial charge in [-0.1, -0.05) is 18.5 Å². The molecule has 1 saturated heterocycles. The van der Waals surface area contributed by atoms with Crippen LogP contribution in [0.1, 0.15) is 28.7 Å². The molecule has 1 amide bonds. The standard InChI is InChI=1S/C22H20ClF3N4O/c1-2-19-27-18-13-16(23)7-8-17(18)20(28-19)29-9-11-30(12-10-29)21(31)14-3-5-15(6-4-14)22(24,25)26/h3-8,13H,2,9-12H2,1H3. The van der Waals surface area contributed by atoms with Crippen molar-refractivity contribution in [2.75, 3.05) is 31.1 Å². The molecule has 162 valence electrons. The maximum absolute atomic E-state index is 12.7. The Kier molecular flexibility index (Phi) is 5.75. The van der Waals surface area contributed by atoms with Gasteiger partial charge in [-0.25, -0.2) is 9.97 Å². The molecule has 1 aliphatic rings. The molecule has 0 bridgehead atoms. The van der Waals surface area contributed by atoms with E-state index in [-0.39, 0.29) is 11.5 Å². The van der Waals surface area contributed by atoms with E-state index in [1.165, 1.54) is 12.1 Å². The molecule has 1 fully saturated rings. The minimum absolute atomic E-state index is 0.247. The van der Waals surface area contributed by atoms with Crippen LogP contribution in [-0.4, -0.2) is 47.0 Å². The van der Waals surface area contributed by atoms with Crippen LogP contribution in [0, 0.1) is 0 Å². The van der Waals surface area contributed by atoms with Gasteiger partial charge in [-0.2, -0.15) is 13.2 Å². The molecule has 0 aliphatic carbocycles. The highest BCUT2D eigenvalue weighted by Crippen LogP contribution is 2.30. The molecule has 0 saturated carbocycles. The largest absolute Gasteiger partial charge is 0.416 e.